The molecular formula is C56H40N8. The highest BCUT2D eigenvalue weighted by Crippen LogP contribution is 2.54. The molecule has 0 saturated heterocycles. The van der Waals surface area contributed by atoms with E-state index in [0.29, 0.717) is 11.9 Å². The summed E-state index contributed by atoms with van der Waals surface area (Å²) in [5, 5.41) is 9.84. The summed E-state index contributed by atoms with van der Waals surface area (Å²) in [4.78, 5) is 26.2. The molecule has 0 amide bonds. The average Bonchev–Trinajstić information content (AvgIpc) is 3.99. The molecule has 0 aliphatic heterocycles. The zero-order valence-electron chi connectivity index (χ0n) is 35.7. The standard InChI is InChI=1S/2C28H20N4/c1-28(2)23-10-6-5-9-19(23)20-14-26-22(13-24(20)28)21-11-17-7-3-4-8-18(17)12-25(21)32(26)27-30-15-29-16-31-27;1-28(2)22-10-6-5-9-19(22)20-12-13-21-24-18-8-4-3-7-17(18)11-14-23(24)32(26(21)25(20)28)27-30-15-29-16-31-27/h2*3-16H,1-2H3. The van der Waals surface area contributed by atoms with Gasteiger partial charge in [-0.1, -0.05) is 143 Å². The Kier molecular flexibility index (Phi) is 7.54. The topological polar surface area (TPSA) is 87.2 Å². The van der Waals surface area contributed by atoms with Crippen LogP contribution in [-0.2, 0) is 10.8 Å². The van der Waals surface area contributed by atoms with Crippen molar-refractivity contribution in [3.63, 3.8) is 0 Å². The third kappa shape index (κ3) is 4.99. The summed E-state index contributed by atoms with van der Waals surface area (Å²) < 4.78 is 4.40. The van der Waals surface area contributed by atoms with E-state index < -0.39 is 0 Å². The van der Waals surface area contributed by atoms with E-state index in [4.69, 9.17) is 0 Å². The number of benzene rings is 8. The molecule has 0 radical (unpaired) electrons. The maximum atomic E-state index is 4.56. The Hall–Kier alpha value is -8.10. The lowest BCUT2D eigenvalue weighted by Crippen LogP contribution is -2.16. The highest BCUT2D eigenvalue weighted by Gasteiger charge is 2.39. The second kappa shape index (κ2) is 13.2. The number of fused-ring (bicyclic) bond motifs is 16. The van der Waals surface area contributed by atoms with Gasteiger partial charge in [-0.15, -0.1) is 0 Å². The molecule has 4 heterocycles. The second-order valence-electron chi connectivity index (χ2n) is 18.1. The number of hydrogen-bond acceptors (Lipinski definition) is 6. The summed E-state index contributed by atoms with van der Waals surface area (Å²) in [7, 11) is 0. The van der Waals surface area contributed by atoms with Crippen molar-refractivity contribution in [1.82, 2.24) is 39.0 Å². The Morgan fingerprint density at radius 2 is 0.938 bits per heavy atom. The average molecular weight is 825 g/mol. The predicted octanol–water partition coefficient (Wildman–Crippen LogP) is 12.9. The first kappa shape index (κ1) is 36.5. The molecule has 0 spiro atoms. The molecule has 2 aliphatic rings. The van der Waals surface area contributed by atoms with E-state index >= 15 is 0 Å². The highest BCUT2D eigenvalue weighted by atomic mass is 15.2. The number of nitrogens with zero attached hydrogens (tertiary/aromatic N) is 8. The molecule has 12 aromatic rings. The van der Waals surface area contributed by atoms with Crippen LogP contribution in [0.3, 0.4) is 0 Å². The summed E-state index contributed by atoms with van der Waals surface area (Å²) >= 11 is 0. The van der Waals surface area contributed by atoms with Gasteiger partial charge in [-0.2, -0.15) is 0 Å². The van der Waals surface area contributed by atoms with Crippen molar-refractivity contribution in [3.8, 4) is 34.2 Å². The number of rotatable bonds is 2. The predicted molar refractivity (Wildman–Crippen MR) is 258 cm³/mol. The first-order valence-corrected chi connectivity index (χ1v) is 21.7. The first-order valence-electron chi connectivity index (χ1n) is 21.7. The van der Waals surface area contributed by atoms with E-state index in [1.807, 2.05) is 0 Å². The second-order valence-corrected chi connectivity index (χ2v) is 18.1. The molecule has 14 rings (SSSR count). The van der Waals surface area contributed by atoms with Crippen LogP contribution in [0.2, 0.25) is 0 Å². The Bertz CT molecular complexity index is 3890. The van der Waals surface area contributed by atoms with E-state index in [1.54, 1.807) is 25.3 Å². The van der Waals surface area contributed by atoms with Gasteiger partial charge in [0, 0.05) is 32.4 Å². The van der Waals surface area contributed by atoms with Gasteiger partial charge in [0.25, 0.3) is 0 Å². The third-order valence-electron chi connectivity index (χ3n) is 14.0. The van der Waals surface area contributed by atoms with Crippen LogP contribution in [0.1, 0.15) is 49.9 Å². The van der Waals surface area contributed by atoms with Crippen molar-refractivity contribution in [2.45, 2.75) is 38.5 Å². The fourth-order valence-corrected chi connectivity index (χ4v) is 11.1. The van der Waals surface area contributed by atoms with Gasteiger partial charge in [0.05, 0.1) is 22.1 Å². The van der Waals surface area contributed by atoms with Crippen molar-refractivity contribution in [3.05, 3.63) is 193 Å². The van der Waals surface area contributed by atoms with Gasteiger partial charge in [0.1, 0.15) is 25.3 Å². The highest BCUT2D eigenvalue weighted by molar-refractivity contribution is 6.23. The van der Waals surface area contributed by atoms with Crippen molar-refractivity contribution in [2.24, 2.45) is 0 Å². The van der Waals surface area contributed by atoms with Gasteiger partial charge in [-0.3, -0.25) is 9.13 Å². The van der Waals surface area contributed by atoms with Crippen LogP contribution in [0.5, 0.6) is 0 Å². The zero-order chi connectivity index (χ0) is 42.9. The monoisotopic (exact) mass is 824 g/mol. The molecule has 0 N–H and O–H groups in total. The fraction of sp³-hybridized carbons (Fsp3) is 0.107. The molecule has 8 nitrogen and oxygen atoms in total. The van der Waals surface area contributed by atoms with E-state index in [2.05, 4.69) is 212 Å². The maximum Gasteiger partial charge on any atom is 0.237 e. The van der Waals surface area contributed by atoms with E-state index in [-0.39, 0.29) is 10.8 Å². The van der Waals surface area contributed by atoms with Crippen molar-refractivity contribution < 1.29 is 0 Å². The molecule has 8 aromatic carbocycles. The lowest BCUT2D eigenvalue weighted by Gasteiger charge is -2.23. The zero-order valence-corrected chi connectivity index (χ0v) is 35.7. The first-order chi connectivity index (χ1) is 31.3. The van der Waals surface area contributed by atoms with Gasteiger partial charge < -0.3 is 0 Å². The lowest BCUT2D eigenvalue weighted by molar-refractivity contribution is 0.661. The molecular weight excluding hydrogens is 785 g/mol. The fourth-order valence-electron chi connectivity index (χ4n) is 11.1. The van der Waals surface area contributed by atoms with Crippen LogP contribution < -0.4 is 0 Å². The van der Waals surface area contributed by atoms with E-state index in [9.17, 15) is 0 Å². The van der Waals surface area contributed by atoms with Crippen molar-refractivity contribution in [1.29, 1.82) is 0 Å². The SMILES string of the molecule is CC1(C)c2ccccc2-c2cc3c(cc21)c1cc2ccccc2cc1n3-c1ncncn1.CC1(C)c2ccccc2-c2ccc3c4c5ccccc5ccc4n(-c4ncncn4)c3c21. The largest absolute Gasteiger partial charge is 0.278 e. The number of aromatic nitrogens is 8. The molecule has 0 atom stereocenters. The molecule has 8 heteroatoms. The summed E-state index contributed by atoms with van der Waals surface area (Å²) in [6.45, 7) is 9.30. The molecule has 64 heavy (non-hydrogen) atoms. The molecule has 0 saturated carbocycles. The summed E-state index contributed by atoms with van der Waals surface area (Å²) in [6, 6.07) is 52.8. The molecule has 0 unspecified atom stereocenters. The Balaban J connectivity index is 0.000000129. The van der Waals surface area contributed by atoms with Gasteiger partial charge >= 0.3 is 0 Å². The normalized spacial score (nSPS) is 14.2. The van der Waals surface area contributed by atoms with Crippen LogP contribution in [-0.4, -0.2) is 39.0 Å². The minimum absolute atomic E-state index is 0.0431. The van der Waals surface area contributed by atoms with Gasteiger partial charge in [-0.05, 0) is 96.4 Å². The molecule has 304 valence electrons. The maximum absolute atomic E-state index is 4.56. The van der Waals surface area contributed by atoms with Crippen LogP contribution >= 0.6 is 0 Å². The van der Waals surface area contributed by atoms with Gasteiger partial charge in [0.15, 0.2) is 0 Å². The molecule has 0 fully saturated rings. The minimum atomic E-state index is -0.138. The van der Waals surface area contributed by atoms with Crippen molar-refractivity contribution >= 4 is 65.2 Å². The molecule has 0 bridgehead atoms. The minimum Gasteiger partial charge on any atom is -0.278 e. The van der Waals surface area contributed by atoms with Crippen LogP contribution in [0.4, 0.5) is 0 Å². The Morgan fingerprint density at radius 3 is 1.66 bits per heavy atom. The quantitative estimate of drug-likeness (QED) is 0.173. The number of hydrogen-bond donors (Lipinski definition) is 0. The van der Waals surface area contributed by atoms with Crippen LogP contribution in [0, 0.1) is 0 Å². The molecule has 2 aliphatic carbocycles. The van der Waals surface area contributed by atoms with Crippen LogP contribution in [0.25, 0.3) is 99.3 Å². The lowest BCUT2D eigenvalue weighted by atomic mass is 9.81. The Morgan fingerprint density at radius 1 is 0.375 bits per heavy atom. The van der Waals surface area contributed by atoms with E-state index in [1.165, 1.54) is 93.1 Å². The molecule has 4 aromatic heterocycles. The van der Waals surface area contributed by atoms with Gasteiger partial charge in [-0.25, -0.2) is 29.9 Å². The van der Waals surface area contributed by atoms with E-state index in [0.717, 1.165) is 16.6 Å². The van der Waals surface area contributed by atoms with Crippen LogP contribution in [0.15, 0.2) is 171 Å². The summed E-state index contributed by atoms with van der Waals surface area (Å²) in [6.07, 6.45) is 6.27. The Labute approximate surface area is 368 Å². The smallest absolute Gasteiger partial charge is 0.237 e. The third-order valence-corrected chi connectivity index (χ3v) is 14.0. The van der Waals surface area contributed by atoms with Crippen molar-refractivity contribution in [2.75, 3.05) is 0 Å². The summed E-state index contributed by atoms with van der Waals surface area (Å²) in [5.41, 5.74) is 15.0. The van der Waals surface area contributed by atoms with Gasteiger partial charge in [0.2, 0.25) is 11.9 Å². The summed E-state index contributed by atoms with van der Waals surface area (Å²) in [5.74, 6) is 1.29.